The molecule has 4 rings (SSSR count). The van der Waals surface area contributed by atoms with Gasteiger partial charge in [-0.25, -0.2) is 26.9 Å². The van der Waals surface area contributed by atoms with Crippen molar-refractivity contribution in [2.24, 2.45) is 0 Å². The Hall–Kier alpha value is -2.39. The largest absolute Gasteiger partial charge is 0.278 e. The minimum atomic E-state index is -4.16. The van der Waals surface area contributed by atoms with Crippen LogP contribution in [-0.2, 0) is 24.9 Å². The predicted molar refractivity (Wildman–Crippen MR) is 154 cm³/mol. The molecule has 1 aliphatic rings. The fourth-order valence-electron chi connectivity index (χ4n) is 3.95. The van der Waals surface area contributed by atoms with Crippen molar-refractivity contribution in [3.8, 4) is 0 Å². The number of sulfonamides is 2. The van der Waals surface area contributed by atoms with Crippen molar-refractivity contribution in [3.63, 3.8) is 0 Å². The highest BCUT2D eigenvalue weighted by molar-refractivity contribution is 7.99. The monoisotopic (exact) mass is 644 g/mol. The van der Waals surface area contributed by atoms with Gasteiger partial charge in [-0.2, -0.15) is 4.31 Å². The molecule has 0 spiro atoms. The normalized spacial score (nSPS) is 14.6. The SMILES string of the molecule is CON(C)C(=O)c1cc(NS(=O)(=O)c2ccc(Cl)cc2Cl)ncc1Sc1ccc(S(=O)(=O)N2CCCCC2)cc1. The molecule has 10 nitrogen and oxygen atoms in total. The Labute approximate surface area is 247 Å². The highest BCUT2D eigenvalue weighted by atomic mass is 35.5. The van der Waals surface area contributed by atoms with E-state index in [1.807, 2.05) is 0 Å². The molecular weight excluding hydrogens is 619 g/mol. The Morgan fingerprint density at radius 2 is 1.70 bits per heavy atom. The van der Waals surface area contributed by atoms with E-state index >= 15 is 0 Å². The lowest BCUT2D eigenvalue weighted by molar-refractivity contribution is -0.0759. The molecule has 1 amide bonds. The molecule has 1 fully saturated rings. The summed E-state index contributed by atoms with van der Waals surface area (Å²) in [6, 6.07) is 11.6. The maximum Gasteiger partial charge on any atom is 0.278 e. The van der Waals surface area contributed by atoms with Gasteiger partial charge >= 0.3 is 0 Å². The Morgan fingerprint density at radius 3 is 2.33 bits per heavy atom. The van der Waals surface area contributed by atoms with Crippen LogP contribution >= 0.6 is 35.0 Å². The van der Waals surface area contributed by atoms with Gasteiger partial charge in [0.25, 0.3) is 15.9 Å². The fraction of sp³-hybridized carbons (Fsp3) is 0.280. The number of benzene rings is 2. The molecule has 1 aliphatic heterocycles. The zero-order chi connectivity index (χ0) is 29.1. The van der Waals surface area contributed by atoms with Crippen molar-refractivity contribution in [2.75, 3.05) is 32.0 Å². The summed E-state index contributed by atoms with van der Waals surface area (Å²) in [6.45, 7) is 1.01. The number of amides is 1. The van der Waals surface area contributed by atoms with Crippen LogP contribution in [0.2, 0.25) is 10.0 Å². The van der Waals surface area contributed by atoms with Crippen LogP contribution in [0, 0.1) is 0 Å². The number of halogens is 2. The van der Waals surface area contributed by atoms with E-state index in [0.29, 0.717) is 22.9 Å². The van der Waals surface area contributed by atoms with E-state index in [1.165, 1.54) is 72.8 Å². The molecule has 0 unspecified atom stereocenters. The molecule has 3 aromatic rings. The molecule has 2 aromatic carbocycles. The lowest BCUT2D eigenvalue weighted by Crippen LogP contribution is -2.35. The van der Waals surface area contributed by atoms with E-state index in [1.54, 1.807) is 12.1 Å². The average Bonchev–Trinajstić information content (AvgIpc) is 2.93. The van der Waals surface area contributed by atoms with Crippen LogP contribution in [0.25, 0.3) is 0 Å². The van der Waals surface area contributed by atoms with Crippen LogP contribution in [0.5, 0.6) is 0 Å². The summed E-state index contributed by atoms with van der Waals surface area (Å²) in [7, 11) is -5.01. The van der Waals surface area contributed by atoms with E-state index < -0.39 is 26.0 Å². The van der Waals surface area contributed by atoms with Crippen molar-refractivity contribution < 1.29 is 26.5 Å². The van der Waals surface area contributed by atoms with Crippen molar-refractivity contribution in [1.29, 1.82) is 0 Å². The van der Waals surface area contributed by atoms with Crippen LogP contribution in [-0.4, -0.2) is 64.3 Å². The van der Waals surface area contributed by atoms with Crippen LogP contribution in [0.4, 0.5) is 5.82 Å². The summed E-state index contributed by atoms with van der Waals surface area (Å²) in [5.74, 6) is -0.673. The molecule has 0 atom stereocenters. The number of hydrogen-bond acceptors (Lipinski definition) is 8. The van der Waals surface area contributed by atoms with Gasteiger partial charge in [-0.1, -0.05) is 41.4 Å². The van der Waals surface area contributed by atoms with E-state index in [9.17, 15) is 21.6 Å². The molecule has 0 bridgehead atoms. The highest BCUT2D eigenvalue weighted by Crippen LogP contribution is 2.34. The molecular formula is C25H26Cl2N4O6S3. The first-order valence-corrected chi connectivity index (χ1v) is 16.5. The number of anilines is 1. The van der Waals surface area contributed by atoms with Gasteiger partial charge in [0.15, 0.2) is 0 Å². The van der Waals surface area contributed by atoms with Gasteiger partial charge in [0.05, 0.1) is 22.6 Å². The number of hydrogen-bond donors (Lipinski definition) is 1. The number of rotatable bonds is 9. The zero-order valence-corrected chi connectivity index (χ0v) is 25.5. The molecule has 0 radical (unpaired) electrons. The molecule has 0 aliphatic carbocycles. The highest BCUT2D eigenvalue weighted by Gasteiger charge is 2.26. The third-order valence-electron chi connectivity index (χ3n) is 6.08. The molecule has 15 heteroatoms. The average molecular weight is 646 g/mol. The van der Waals surface area contributed by atoms with E-state index in [2.05, 4.69) is 9.71 Å². The molecule has 2 heterocycles. The lowest BCUT2D eigenvalue weighted by Gasteiger charge is -2.25. The smallest absolute Gasteiger partial charge is 0.274 e. The Morgan fingerprint density at radius 1 is 1.02 bits per heavy atom. The topological polar surface area (TPSA) is 126 Å². The number of nitrogens with zero attached hydrogens (tertiary/aromatic N) is 3. The number of piperidine rings is 1. The second-order valence-electron chi connectivity index (χ2n) is 8.77. The zero-order valence-electron chi connectivity index (χ0n) is 21.5. The van der Waals surface area contributed by atoms with Crippen LogP contribution < -0.4 is 4.72 Å². The standard InChI is InChI=1S/C25H26Cl2N4O6S3/c1-30(37-2)25(32)20-15-24(29-39(33,34)23-11-6-17(26)14-21(23)27)28-16-22(20)38-18-7-9-19(10-8-18)40(35,36)31-12-4-3-5-13-31/h6-11,14-16H,3-5,12-13H2,1-2H3,(H,28,29). The Balaban J connectivity index is 1.62. The van der Waals surface area contributed by atoms with Gasteiger partial charge in [0, 0.05) is 41.1 Å². The van der Waals surface area contributed by atoms with E-state index in [4.69, 9.17) is 28.0 Å². The number of aromatic nitrogens is 1. The quantitative estimate of drug-likeness (QED) is 0.317. The lowest BCUT2D eigenvalue weighted by atomic mass is 10.2. The number of hydroxylamine groups is 2. The molecule has 214 valence electrons. The van der Waals surface area contributed by atoms with E-state index in [0.717, 1.165) is 24.3 Å². The van der Waals surface area contributed by atoms with Crippen LogP contribution in [0.3, 0.4) is 0 Å². The van der Waals surface area contributed by atoms with Gasteiger partial charge in [-0.05, 0) is 61.4 Å². The first-order chi connectivity index (χ1) is 18.9. The summed E-state index contributed by atoms with van der Waals surface area (Å²) in [6.07, 6.45) is 4.04. The van der Waals surface area contributed by atoms with Gasteiger partial charge in [0.2, 0.25) is 10.0 Å². The summed E-state index contributed by atoms with van der Waals surface area (Å²) in [4.78, 5) is 23.3. The first kappa shape index (κ1) is 30.6. The number of carbonyl (C=O) groups is 1. The summed E-state index contributed by atoms with van der Waals surface area (Å²) >= 11 is 13.1. The predicted octanol–water partition coefficient (Wildman–Crippen LogP) is 5.15. The summed E-state index contributed by atoms with van der Waals surface area (Å²) in [5.41, 5.74) is 0.106. The van der Waals surface area contributed by atoms with E-state index in [-0.39, 0.29) is 31.2 Å². The molecule has 0 saturated carbocycles. The van der Waals surface area contributed by atoms with Gasteiger partial charge in [-0.15, -0.1) is 0 Å². The second-order valence-corrected chi connectivity index (χ2v) is 14.3. The van der Waals surface area contributed by atoms with Gasteiger partial charge in [0.1, 0.15) is 10.7 Å². The first-order valence-electron chi connectivity index (χ1n) is 12.0. The summed E-state index contributed by atoms with van der Waals surface area (Å²) in [5, 5.41) is 1.19. The van der Waals surface area contributed by atoms with Gasteiger partial charge < -0.3 is 0 Å². The van der Waals surface area contributed by atoms with Crippen LogP contribution in [0.1, 0.15) is 29.6 Å². The van der Waals surface area contributed by atoms with Crippen molar-refractivity contribution in [1.82, 2.24) is 14.4 Å². The Kier molecular flexibility index (Phi) is 9.66. The molecule has 1 N–H and O–H groups in total. The van der Waals surface area contributed by atoms with Crippen molar-refractivity contribution in [2.45, 2.75) is 38.8 Å². The molecule has 1 aromatic heterocycles. The van der Waals surface area contributed by atoms with Gasteiger partial charge in [-0.3, -0.25) is 14.4 Å². The van der Waals surface area contributed by atoms with Crippen molar-refractivity contribution >= 4 is 66.7 Å². The number of nitrogens with one attached hydrogen (secondary N) is 1. The molecule has 1 saturated heterocycles. The summed E-state index contributed by atoms with van der Waals surface area (Å²) < 4.78 is 55.7. The second kappa shape index (κ2) is 12.6. The third kappa shape index (κ3) is 6.90. The van der Waals surface area contributed by atoms with Crippen LogP contribution in [0.15, 0.2) is 74.3 Å². The fourth-order valence-corrected chi connectivity index (χ4v) is 8.12. The minimum absolute atomic E-state index is 0.0756. The number of pyridine rings is 1. The third-order valence-corrected chi connectivity index (χ3v) is 11.1. The minimum Gasteiger partial charge on any atom is -0.274 e. The molecule has 40 heavy (non-hydrogen) atoms. The maximum absolute atomic E-state index is 13.1. The Bertz CT molecular complexity index is 1610. The maximum atomic E-state index is 13.1. The van der Waals surface area contributed by atoms with Crippen molar-refractivity contribution in [3.05, 3.63) is 70.3 Å². The number of carbonyl (C=O) groups excluding carboxylic acids is 1.